The minimum absolute atomic E-state index is 0.231. The van der Waals surface area contributed by atoms with E-state index >= 15 is 0 Å². The van der Waals surface area contributed by atoms with E-state index in [2.05, 4.69) is 29.2 Å². The molecule has 2 atom stereocenters. The van der Waals surface area contributed by atoms with Gasteiger partial charge in [-0.2, -0.15) is 0 Å². The number of methoxy groups -OCH3 is 1. The Hall–Kier alpha value is -0.910. The topological polar surface area (TPSA) is 50.5 Å². The van der Waals surface area contributed by atoms with Crippen LogP contribution in [0.15, 0.2) is 10.6 Å². The summed E-state index contributed by atoms with van der Waals surface area (Å²) in [5.41, 5.74) is 1.24. The van der Waals surface area contributed by atoms with Crippen molar-refractivity contribution in [3.8, 4) is 0 Å². The fraction of sp³-hybridized carbons (Fsp3) is 0.786. The zero-order valence-electron chi connectivity index (χ0n) is 12.0. The molecule has 1 aromatic heterocycles. The molecule has 0 amide bonds. The average molecular weight is 265 g/mol. The van der Waals surface area contributed by atoms with E-state index < -0.39 is 0 Å². The van der Waals surface area contributed by atoms with Crippen LogP contribution < -0.4 is 5.32 Å². The summed E-state index contributed by atoms with van der Waals surface area (Å²) < 4.78 is 10.3. The van der Waals surface area contributed by atoms with Gasteiger partial charge >= 0.3 is 0 Å². The van der Waals surface area contributed by atoms with E-state index in [1.165, 1.54) is 0 Å². The summed E-state index contributed by atoms with van der Waals surface area (Å²) in [6, 6.07) is 2.01. The Morgan fingerprint density at radius 3 is 3.11 bits per heavy atom. The summed E-state index contributed by atoms with van der Waals surface area (Å²) in [6.45, 7) is 9.50. The van der Waals surface area contributed by atoms with Gasteiger partial charge in [-0.3, -0.25) is 4.90 Å². The molecule has 106 valence electrons. The Labute approximate surface area is 114 Å². The van der Waals surface area contributed by atoms with E-state index in [0.717, 1.165) is 49.5 Å². The summed E-state index contributed by atoms with van der Waals surface area (Å²) in [4.78, 5) is 2.54. The molecule has 3 rings (SSSR count). The monoisotopic (exact) mass is 265 g/mol. The predicted octanol–water partition coefficient (Wildman–Crippen LogP) is 1.25. The summed E-state index contributed by atoms with van der Waals surface area (Å²) in [5, 5.41) is 7.65. The maximum absolute atomic E-state index is 5.26. The highest BCUT2D eigenvalue weighted by atomic mass is 16.5. The molecule has 19 heavy (non-hydrogen) atoms. The molecular weight excluding hydrogens is 242 g/mol. The summed E-state index contributed by atoms with van der Waals surface area (Å²) in [6.07, 6.45) is 0. The van der Waals surface area contributed by atoms with Crippen LogP contribution in [0.4, 0.5) is 0 Å². The molecule has 0 spiro atoms. The van der Waals surface area contributed by atoms with Crippen LogP contribution in [0.3, 0.4) is 0 Å². The molecule has 2 fully saturated rings. The number of hydrogen-bond acceptors (Lipinski definition) is 5. The average Bonchev–Trinajstić information content (AvgIpc) is 3.02. The molecule has 1 N–H and O–H groups in total. The quantitative estimate of drug-likeness (QED) is 0.888. The number of nitrogens with zero attached hydrogens (tertiary/aromatic N) is 2. The van der Waals surface area contributed by atoms with Crippen molar-refractivity contribution < 1.29 is 9.26 Å². The number of ether oxygens (including phenoxy) is 1. The van der Waals surface area contributed by atoms with Crippen molar-refractivity contribution in [2.75, 3.05) is 26.7 Å². The van der Waals surface area contributed by atoms with Gasteiger partial charge in [0.25, 0.3) is 0 Å². The number of rotatable bonds is 4. The van der Waals surface area contributed by atoms with E-state index in [1.807, 2.05) is 6.07 Å². The third-order valence-corrected chi connectivity index (χ3v) is 4.76. The molecule has 0 saturated carbocycles. The minimum Gasteiger partial charge on any atom is -0.377 e. The Morgan fingerprint density at radius 2 is 2.37 bits per heavy atom. The second-order valence-electron chi connectivity index (χ2n) is 6.28. The molecular formula is C14H23N3O2. The molecule has 0 aliphatic carbocycles. The normalized spacial score (nSPS) is 29.8. The second kappa shape index (κ2) is 4.89. The number of likely N-dealkylation sites (tertiary alicyclic amines) is 1. The molecule has 0 radical (unpaired) electrons. The highest BCUT2D eigenvalue weighted by Crippen LogP contribution is 2.41. The van der Waals surface area contributed by atoms with Gasteiger partial charge in [0, 0.05) is 38.3 Å². The van der Waals surface area contributed by atoms with Crippen molar-refractivity contribution in [2.45, 2.75) is 32.5 Å². The molecule has 2 aliphatic rings. The predicted molar refractivity (Wildman–Crippen MR) is 71.6 cm³/mol. The lowest BCUT2D eigenvalue weighted by Crippen LogP contribution is -2.43. The van der Waals surface area contributed by atoms with Gasteiger partial charge in [0.05, 0.1) is 5.69 Å². The van der Waals surface area contributed by atoms with Crippen LogP contribution in [0.1, 0.15) is 25.3 Å². The van der Waals surface area contributed by atoms with E-state index in [4.69, 9.17) is 9.26 Å². The molecule has 0 aromatic carbocycles. The Morgan fingerprint density at radius 1 is 1.53 bits per heavy atom. The van der Waals surface area contributed by atoms with Gasteiger partial charge in [-0.25, -0.2) is 0 Å². The fourth-order valence-electron chi connectivity index (χ4n) is 3.61. The highest BCUT2D eigenvalue weighted by Gasteiger charge is 2.49. The van der Waals surface area contributed by atoms with Crippen LogP contribution in [-0.4, -0.2) is 42.3 Å². The molecule has 5 heteroatoms. The van der Waals surface area contributed by atoms with Crippen LogP contribution in [0, 0.1) is 11.8 Å². The van der Waals surface area contributed by atoms with Gasteiger partial charge in [0.2, 0.25) is 0 Å². The molecule has 2 aliphatic heterocycles. The maximum Gasteiger partial charge on any atom is 0.162 e. The molecule has 0 bridgehead atoms. The van der Waals surface area contributed by atoms with Gasteiger partial charge in [0.1, 0.15) is 6.61 Å². The standard InChI is InChI=1S/C14H23N3O2/c1-14(2)13-6-15-5-10(13)7-17(14)8-11-4-12(9-18-3)19-16-11/h4,10,13,15H,5-9H2,1-3H3. The van der Waals surface area contributed by atoms with E-state index in [1.54, 1.807) is 7.11 Å². The first-order valence-electron chi connectivity index (χ1n) is 7.00. The van der Waals surface area contributed by atoms with Gasteiger partial charge in [-0.05, 0) is 32.2 Å². The first-order valence-corrected chi connectivity index (χ1v) is 7.00. The van der Waals surface area contributed by atoms with E-state index in [9.17, 15) is 0 Å². The smallest absolute Gasteiger partial charge is 0.162 e. The lowest BCUT2D eigenvalue weighted by atomic mass is 9.85. The zero-order chi connectivity index (χ0) is 13.5. The van der Waals surface area contributed by atoms with Crippen molar-refractivity contribution in [3.63, 3.8) is 0 Å². The largest absolute Gasteiger partial charge is 0.377 e. The Kier molecular flexibility index (Phi) is 3.37. The van der Waals surface area contributed by atoms with Crippen LogP contribution in [0.25, 0.3) is 0 Å². The van der Waals surface area contributed by atoms with E-state index in [-0.39, 0.29) is 5.54 Å². The van der Waals surface area contributed by atoms with Gasteiger partial charge in [0.15, 0.2) is 5.76 Å². The van der Waals surface area contributed by atoms with Crippen molar-refractivity contribution >= 4 is 0 Å². The number of hydrogen-bond donors (Lipinski definition) is 1. The van der Waals surface area contributed by atoms with Gasteiger partial charge < -0.3 is 14.6 Å². The summed E-state index contributed by atoms with van der Waals surface area (Å²) in [7, 11) is 1.67. The third kappa shape index (κ3) is 2.30. The minimum atomic E-state index is 0.231. The van der Waals surface area contributed by atoms with E-state index in [0.29, 0.717) is 6.61 Å². The number of fused-ring (bicyclic) bond motifs is 1. The fourth-order valence-corrected chi connectivity index (χ4v) is 3.61. The van der Waals surface area contributed by atoms with Gasteiger partial charge in [-0.1, -0.05) is 5.16 Å². The SMILES string of the molecule is COCc1cc(CN2CC3CNCC3C2(C)C)no1. The van der Waals surface area contributed by atoms with Crippen LogP contribution in [-0.2, 0) is 17.9 Å². The Bertz CT molecular complexity index is 444. The van der Waals surface area contributed by atoms with Crippen LogP contribution in [0.5, 0.6) is 0 Å². The van der Waals surface area contributed by atoms with Crippen molar-refractivity contribution in [2.24, 2.45) is 11.8 Å². The molecule has 5 nitrogen and oxygen atoms in total. The number of aromatic nitrogens is 1. The molecule has 2 unspecified atom stereocenters. The van der Waals surface area contributed by atoms with Crippen molar-refractivity contribution in [3.05, 3.63) is 17.5 Å². The summed E-state index contributed by atoms with van der Waals surface area (Å²) in [5.74, 6) is 2.33. The Balaban J connectivity index is 1.69. The van der Waals surface area contributed by atoms with Crippen molar-refractivity contribution in [1.82, 2.24) is 15.4 Å². The first-order chi connectivity index (χ1) is 9.11. The second-order valence-corrected chi connectivity index (χ2v) is 6.28. The van der Waals surface area contributed by atoms with Crippen molar-refractivity contribution in [1.29, 1.82) is 0 Å². The lowest BCUT2D eigenvalue weighted by Gasteiger charge is -2.35. The zero-order valence-corrected chi connectivity index (χ0v) is 12.0. The number of nitrogens with one attached hydrogen (secondary N) is 1. The summed E-state index contributed by atoms with van der Waals surface area (Å²) >= 11 is 0. The molecule has 1 aromatic rings. The lowest BCUT2D eigenvalue weighted by molar-refractivity contribution is 0.128. The van der Waals surface area contributed by atoms with Crippen LogP contribution in [0.2, 0.25) is 0 Å². The molecule has 2 saturated heterocycles. The molecule has 3 heterocycles. The van der Waals surface area contributed by atoms with Gasteiger partial charge in [-0.15, -0.1) is 0 Å². The third-order valence-electron chi connectivity index (χ3n) is 4.76. The maximum atomic E-state index is 5.26. The van der Waals surface area contributed by atoms with Crippen LogP contribution >= 0.6 is 0 Å². The highest BCUT2D eigenvalue weighted by molar-refractivity contribution is 5.09. The first kappa shape index (κ1) is 13.1.